The normalized spacial score (nSPS) is 14.9. The molecule has 0 amide bonds. The van der Waals surface area contributed by atoms with E-state index in [1.165, 1.54) is 60.0 Å². The van der Waals surface area contributed by atoms with Crippen LogP contribution < -0.4 is 4.90 Å². The maximum absolute atomic E-state index is 4.00. The molecule has 8 aromatic rings. The van der Waals surface area contributed by atoms with Crippen LogP contribution in [0.2, 0.25) is 0 Å². The molecule has 9 rings (SSSR count). The highest BCUT2D eigenvalue weighted by molar-refractivity contribution is 6.12. The molecule has 246 valence electrons. The maximum Gasteiger partial charge on any atom is 0.0540 e. The zero-order chi connectivity index (χ0) is 35.0. The molecule has 2 nitrogen and oxygen atoms in total. The van der Waals surface area contributed by atoms with Gasteiger partial charge in [0.05, 0.1) is 11.2 Å². The van der Waals surface area contributed by atoms with Crippen LogP contribution in [0, 0.1) is 12.8 Å². The molecule has 0 bridgehead atoms. The summed E-state index contributed by atoms with van der Waals surface area (Å²) in [5, 5.41) is 7.57. The average molecular weight is 657 g/mol. The van der Waals surface area contributed by atoms with Crippen molar-refractivity contribution in [2.24, 2.45) is 0 Å². The van der Waals surface area contributed by atoms with Gasteiger partial charge in [-0.1, -0.05) is 141 Å². The van der Waals surface area contributed by atoms with Crippen LogP contribution in [0.25, 0.3) is 54.5 Å². The Bertz CT molecular complexity index is 2630. The van der Waals surface area contributed by atoms with Gasteiger partial charge in [0.2, 0.25) is 0 Å². The van der Waals surface area contributed by atoms with E-state index >= 15 is 0 Å². The van der Waals surface area contributed by atoms with Crippen molar-refractivity contribution in [3.8, 4) is 24.0 Å². The number of aromatic nitrogens is 1. The largest absolute Gasteiger partial charge is 0.336 e. The predicted octanol–water partition coefficient (Wildman–Crippen LogP) is 13.3. The smallest absolute Gasteiger partial charge is 0.0540 e. The fourth-order valence-corrected chi connectivity index (χ4v) is 7.92. The molecule has 2 heterocycles. The summed E-state index contributed by atoms with van der Waals surface area (Å²) in [6.07, 6.45) is 18.0. The number of benzene rings is 7. The van der Waals surface area contributed by atoms with Gasteiger partial charge in [0, 0.05) is 39.6 Å². The maximum atomic E-state index is 4.00. The lowest BCUT2D eigenvalue weighted by atomic mass is 9.80. The van der Waals surface area contributed by atoms with Gasteiger partial charge in [0.1, 0.15) is 0 Å². The van der Waals surface area contributed by atoms with E-state index in [-0.39, 0.29) is 5.41 Å². The Labute approximate surface area is 300 Å². The van der Waals surface area contributed by atoms with Crippen LogP contribution in [0.5, 0.6) is 0 Å². The molecule has 0 atom stereocenters. The average Bonchev–Trinajstić information content (AvgIpc) is 3.50. The van der Waals surface area contributed by atoms with E-state index in [0.29, 0.717) is 0 Å². The second-order valence-electron chi connectivity index (χ2n) is 13.9. The van der Waals surface area contributed by atoms with Crippen LogP contribution in [0.4, 0.5) is 17.1 Å². The molecule has 0 fully saturated rings. The van der Waals surface area contributed by atoms with Crippen LogP contribution in [0.3, 0.4) is 0 Å². The fraction of sp³-hybridized carbons (Fsp3) is 0.102. The molecule has 0 radical (unpaired) electrons. The standard InChI is InChI=1S/C47H38N2.C2H2/c1-47(2)29-10-3-4-11-30-48-44-28-26-35(32-42(44)41-22-13-23-43(47)46(41)48)38-19-12-21-40-39(38)20-14-24-45(40)49(36-17-6-5-7-18-36)37-27-25-33-15-8-9-16-34(33)31-37;1-2/h3-28,31-32H,29-30H2,1-2H3;1-2H/b10-3-,11-4-;. The van der Waals surface area contributed by atoms with Gasteiger partial charge >= 0.3 is 0 Å². The minimum absolute atomic E-state index is 0.0256. The van der Waals surface area contributed by atoms with E-state index in [2.05, 4.69) is 206 Å². The highest BCUT2D eigenvalue weighted by Gasteiger charge is 2.25. The lowest BCUT2D eigenvalue weighted by molar-refractivity contribution is 0.536. The van der Waals surface area contributed by atoms with Crippen molar-refractivity contribution in [1.29, 1.82) is 0 Å². The minimum Gasteiger partial charge on any atom is -0.336 e. The van der Waals surface area contributed by atoms with Gasteiger partial charge in [-0.05, 0) is 87.1 Å². The van der Waals surface area contributed by atoms with Crippen molar-refractivity contribution < 1.29 is 0 Å². The first kappa shape index (κ1) is 31.9. The number of rotatable bonds is 4. The first-order valence-electron chi connectivity index (χ1n) is 17.6. The van der Waals surface area contributed by atoms with Crippen LogP contribution >= 0.6 is 0 Å². The van der Waals surface area contributed by atoms with Crippen molar-refractivity contribution in [2.45, 2.75) is 32.2 Å². The van der Waals surface area contributed by atoms with Gasteiger partial charge in [-0.25, -0.2) is 0 Å². The van der Waals surface area contributed by atoms with E-state index in [0.717, 1.165) is 30.0 Å². The summed E-state index contributed by atoms with van der Waals surface area (Å²) in [6, 6.07) is 53.5. The number of terminal acetylenes is 1. The van der Waals surface area contributed by atoms with Gasteiger partial charge in [-0.2, -0.15) is 0 Å². The van der Waals surface area contributed by atoms with Crippen LogP contribution in [0.1, 0.15) is 25.8 Å². The Morgan fingerprint density at radius 1 is 0.569 bits per heavy atom. The number of nitrogens with zero attached hydrogens (tertiary/aromatic N) is 2. The molecule has 0 aliphatic carbocycles. The topological polar surface area (TPSA) is 8.17 Å². The Kier molecular flexibility index (Phi) is 8.26. The monoisotopic (exact) mass is 656 g/mol. The molecule has 0 N–H and O–H groups in total. The number of anilines is 3. The van der Waals surface area contributed by atoms with Gasteiger partial charge in [0.15, 0.2) is 0 Å². The molecule has 0 unspecified atom stereocenters. The van der Waals surface area contributed by atoms with Crippen molar-refractivity contribution in [2.75, 3.05) is 4.90 Å². The molecule has 2 heteroatoms. The van der Waals surface area contributed by atoms with Crippen LogP contribution in [-0.2, 0) is 12.0 Å². The van der Waals surface area contributed by atoms with Crippen molar-refractivity contribution in [1.82, 2.24) is 4.57 Å². The Morgan fingerprint density at radius 3 is 2.16 bits per heavy atom. The van der Waals surface area contributed by atoms with E-state index in [1.54, 1.807) is 0 Å². The van der Waals surface area contributed by atoms with E-state index in [4.69, 9.17) is 0 Å². The van der Waals surface area contributed by atoms with Gasteiger partial charge in [-0.15, -0.1) is 12.8 Å². The zero-order valence-corrected chi connectivity index (χ0v) is 29.1. The Balaban J connectivity index is 0.00000184. The third kappa shape index (κ3) is 5.58. The van der Waals surface area contributed by atoms with Crippen LogP contribution in [0.15, 0.2) is 170 Å². The summed E-state index contributed by atoms with van der Waals surface area (Å²) in [7, 11) is 0. The first-order chi connectivity index (χ1) is 25.1. The third-order valence-corrected chi connectivity index (χ3v) is 10.4. The van der Waals surface area contributed by atoms with Crippen molar-refractivity contribution in [3.05, 3.63) is 175 Å². The number of allylic oxidation sites excluding steroid dienone is 4. The lowest BCUT2D eigenvalue weighted by Gasteiger charge is -2.27. The molecule has 1 aliphatic rings. The summed E-state index contributed by atoms with van der Waals surface area (Å²) in [6.45, 7) is 5.59. The molecule has 0 saturated carbocycles. The number of fused-ring (bicyclic) bond motifs is 5. The molecular weight excluding hydrogens is 617 g/mol. The number of hydrogen-bond donors (Lipinski definition) is 0. The minimum atomic E-state index is 0.0256. The van der Waals surface area contributed by atoms with Gasteiger partial charge in [-0.3, -0.25) is 0 Å². The van der Waals surface area contributed by atoms with Crippen LogP contribution in [-0.4, -0.2) is 4.57 Å². The van der Waals surface area contributed by atoms with E-state index in [1.807, 2.05) is 0 Å². The Morgan fingerprint density at radius 2 is 1.29 bits per heavy atom. The van der Waals surface area contributed by atoms with E-state index in [9.17, 15) is 0 Å². The number of para-hydroxylation sites is 2. The molecular formula is C49H40N2. The summed E-state index contributed by atoms with van der Waals surface area (Å²) >= 11 is 0. The molecule has 7 aromatic carbocycles. The number of hydrogen-bond acceptors (Lipinski definition) is 1. The second-order valence-corrected chi connectivity index (χ2v) is 13.9. The fourth-order valence-electron chi connectivity index (χ4n) is 7.92. The second kappa shape index (κ2) is 13.2. The summed E-state index contributed by atoms with van der Waals surface area (Å²) in [4.78, 5) is 2.40. The SMILES string of the molecule is C#C.CC1(C)C/C=C\C=C/Cn2c3ccc(-c4cccc5c(N(c6ccccc6)c6ccc7ccccc7c6)cccc45)cc3c3cccc1c32. The molecule has 51 heavy (non-hydrogen) atoms. The summed E-state index contributed by atoms with van der Waals surface area (Å²) < 4.78 is 2.52. The molecule has 0 saturated heterocycles. The quantitative estimate of drug-likeness (QED) is 0.171. The van der Waals surface area contributed by atoms with E-state index < -0.39 is 0 Å². The van der Waals surface area contributed by atoms with Gasteiger partial charge < -0.3 is 9.47 Å². The molecule has 1 aromatic heterocycles. The first-order valence-corrected chi connectivity index (χ1v) is 17.6. The highest BCUT2D eigenvalue weighted by Crippen LogP contribution is 2.44. The zero-order valence-electron chi connectivity index (χ0n) is 29.1. The molecule has 1 aliphatic heterocycles. The summed E-state index contributed by atoms with van der Waals surface area (Å²) in [5.41, 5.74) is 9.99. The van der Waals surface area contributed by atoms with Crippen molar-refractivity contribution in [3.63, 3.8) is 0 Å². The highest BCUT2D eigenvalue weighted by atomic mass is 15.1. The van der Waals surface area contributed by atoms with Crippen molar-refractivity contribution >= 4 is 60.4 Å². The predicted molar refractivity (Wildman–Crippen MR) is 220 cm³/mol. The molecule has 0 spiro atoms. The summed E-state index contributed by atoms with van der Waals surface area (Å²) in [5.74, 6) is 0. The third-order valence-electron chi connectivity index (χ3n) is 10.4. The Hall–Kier alpha value is -6.30. The van der Waals surface area contributed by atoms with Gasteiger partial charge in [0.25, 0.3) is 0 Å². The lowest BCUT2D eigenvalue weighted by Crippen LogP contribution is -2.18.